The van der Waals surface area contributed by atoms with E-state index in [4.69, 9.17) is 4.74 Å². The van der Waals surface area contributed by atoms with Gasteiger partial charge in [-0.05, 0) is 60.3 Å². The lowest BCUT2D eigenvalue weighted by Crippen LogP contribution is -2.59. The van der Waals surface area contributed by atoms with Crippen LogP contribution in [0.5, 0.6) is 5.75 Å². The van der Waals surface area contributed by atoms with Crippen molar-refractivity contribution in [2.24, 2.45) is 7.05 Å². The molecular weight excluding hydrogens is 378 g/mol. The molecule has 1 fully saturated rings. The van der Waals surface area contributed by atoms with Crippen molar-refractivity contribution in [3.63, 3.8) is 0 Å². The SMILES string of the molecule is CN(C)C1CN(CC(O)COc2ccc3cc(-c4ccc(=O)n(C)c4)ccc3c2)C1. The predicted octanol–water partition coefficient (Wildman–Crippen LogP) is 2.19. The molecule has 0 saturated carbocycles. The van der Waals surface area contributed by atoms with Crippen molar-refractivity contribution in [2.75, 3.05) is 40.3 Å². The second kappa shape index (κ2) is 8.60. The molecule has 0 amide bonds. The molecule has 158 valence electrons. The Morgan fingerprint density at radius 2 is 1.77 bits per heavy atom. The molecule has 6 nitrogen and oxygen atoms in total. The Morgan fingerprint density at radius 1 is 1.07 bits per heavy atom. The highest BCUT2D eigenvalue weighted by atomic mass is 16.5. The van der Waals surface area contributed by atoms with E-state index in [-0.39, 0.29) is 12.2 Å². The first-order chi connectivity index (χ1) is 14.4. The van der Waals surface area contributed by atoms with E-state index in [2.05, 4.69) is 36.0 Å². The minimum atomic E-state index is -0.504. The Morgan fingerprint density at radius 3 is 2.50 bits per heavy atom. The van der Waals surface area contributed by atoms with Gasteiger partial charge in [0.15, 0.2) is 0 Å². The van der Waals surface area contributed by atoms with Crippen molar-refractivity contribution in [1.82, 2.24) is 14.4 Å². The zero-order valence-corrected chi connectivity index (χ0v) is 17.8. The van der Waals surface area contributed by atoms with Gasteiger partial charge >= 0.3 is 0 Å². The van der Waals surface area contributed by atoms with Gasteiger partial charge in [0.2, 0.25) is 5.56 Å². The fraction of sp³-hybridized carbons (Fsp3) is 0.375. The monoisotopic (exact) mass is 407 g/mol. The van der Waals surface area contributed by atoms with Crippen LogP contribution >= 0.6 is 0 Å². The van der Waals surface area contributed by atoms with E-state index in [1.807, 2.05) is 36.5 Å². The third-order valence-corrected chi connectivity index (χ3v) is 5.81. The van der Waals surface area contributed by atoms with Gasteiger partial charge in [-0.25, -0.2) is 0 Å². The quantitative estimate of drug-likeness (QED) is 0.651. The molecule has 1 aromatic heterocycles. The molecular formula is C24H29N3O3. The fourth-order valence-electron chi connectivity index (χ4n) is 3.82. The molecule has 1 unspecified atom stereocenters. The highest BCUT2D eigenvalue weighted by Gasteiger charge is 2.29. The first kappa shape index (κ1) is 20.6. The summed E-state index contributed by atoms with van der Waals surface area (Å²) in [6.45, 7) is 2.92. The lowest BCUT2D eigenvalue weighted by Gasteiger charge is -2.43. The fourth-order valence-corrected chi connectivity index (χ4v) is 3.82. The highest BCUT2D eigenvalue weighted by molar-refractivity contribution is 5.88. The third kappa shape index (κ3) is 4.56. The minimum absolute atomic E-state index is 0.0184. The van der Waals surface area contributed by atoms with Crippen molar-refractivity contribution < 1.29 is 9.84 Å². The van der Waals surface area contributed by atoms with Crippen molar-refractivity contribution >= 4 is 10.8 Å². The van der Waals surface area contributed by atoms with Crippen LogP contribution in [0.4, 0.5) is 0 Å². The molecule has 0 bridgehead atoms. The summed E-state index contributed by atoms with van der Waals surface area (Å²) >= 11 is 0. The van der Waals surface area contributed by atoms with Crippen LogP contribution in [0.3, 0.4) is 0 Å². The average Bonchev–Trinajstić information content (AvgIpc) is 2.70. The Hall–Kier alpha value is -2.67. The maximum absolute atomic E-state index is 11.6. The zero-order valence-electron chi connectivity index (χ0n) is 17.8. The number of β-amino-alcohol motifs (C(OH)–C–C–N with tert-alkyl or cyclic N) is 1. The van der Waals surface area contributed by atoms with Crippen LogP contribution in [-0.4, -0.2) is 72.0 Å². The van der Waals surface area contributed by atoms with Gasteiger partial charge in [-0.15, -0.1) is 0 Å². The van der Waals surface area contributed by atoms with Gasteiger partial charge in [0.05, 0.1) is 0 Å². The number of hydrogen-bond donors (Lipinski definition) is 1. The van der Waals surface area contributed by atoms with E-state index < -0.39 is 6.10 Å². The minimum Gasteiger partial charge on any atom is -0.491 e. The molecule has 2 aromatic carbocycles. The number of aliphatic hydroxyl groups is 1. The number of rotatable bonds is 7. The number of aromatic nitrogens is 1. The second-order valence-electron chi connectivity index (χ2n) is 8.39. The van der Waals surface area contributed by atoms with E-state index in [1.54, 1.807) is 17.7 Å². The van der Waals surface area contributed by atoms with Gasteiger partial charge in [0, 0.05) is 45.0 Å². The Kier molecular flexibility index (Phi) is 5.90. The number of likely N-dealkylation sites (tertiary alicyclic amines) is 1. The van der Waals surface area contributed by atoms with Crippen molar-refractivity contribution in [3.8, 4) is 16.9 Å². The van der Waals surface area contributed by atoms with Gasteiger partial charge in [0.25, 0.3) is 0 Å². The van der Waals surface area contributed by atoms with Crippen LogP contribution in [-0.2, 0) is 7.05 Å². The normalized spacial score (nSPS) is 16.0. The molecule has 0 aliphatic carbocycles. The predicted molar refractivity (Wildman–Crippen MR) is 120 cm³/mol. The summed E-state index contributed by atoms with van der Waals surface area (Å²) in [5, 5.41) is 12.5. The summed E-state index contributed by atoms with van der Waals surface area (Å²) in [7, 11) is 5.94. The number of aryl methyl sites for hydroxylation is 1. The Bertz CT molecular complexity index is 1090. The molecule has 6 heteroatoms. The van der Waals surface area contributed by atoms with E-state index in [9.17, 15) is 9.90 Å². The number of benzene rings is 2. The van der Waals surface area contributed by atoms with Crippen LogP contribution in [0.25, 0.3) is 21.9 Å². The Labute approximate surface area is 176 Å². The lowest BCUT2D eigenvalue weighted by atomic mass is 10.0. The first-order valence-electron chi connectivity index (χ1n) is 10.3. The number of likely N-dealkylation sites (N-methyl/N-ethyl adjacent to an activating group) is 1. The molecule has 2 heterocycles. The number of aliphatic hydroxyl groups excluding tert-OH is 1. The summed E-state index contributed by atoms with van der Waals surface area (Å²) in [4.78, 5) is 16.1. The molecule has 0 radical (unpaired) electrons. The van der Waals surface area contributed by atoms with Crippen LogP contribution in [0.2, 0.25) is 0 Å². The molecule has 1 aliphatic rings. The van der Waals surface area contributed by atoms with Gasteiger partial charge in [-0.2, -0.15) is 0 Å². The summed E-state index contributed by atoms with van der Waals surface area (Å²) in [6.07, 6.45) is 1.34. The summed E-state index contributed by atoms with van der Waals surface area (Å²) in [6, 6.07) is 16.2. The lowest BCUT2D eigenvalue weighted by molar-refractivity contribution is 0.00720. The highest BCUT2D eigenvalue weighted by Crippen LogP contribution is 2.27. The van der Waals surface area contributed by atoms with Crippen molar-refractivity contribution in [3.05, 3.63) is 65.1 Å². The van der Waals surface area contributed by atoms with Crippen LogP contribution < -0.4 is 10.3 Å². The summed E-state index contributed by atoms with van der Waals surface area (Å²) < 4.78 is 7.42. The van der Waals surface area contributed by atoms with Crippen LogP contribution in [0.1, 0.15) is 0 Å². The largest absolute Gasteiger partial charge is 0.491 e. The molecule has 3 aromatic rings. The summed E-state index contributed by atoms with van der Waals surface area (Å²) in [5.41, 5.74) is 2.05. The van der Waals surface area contributed by atoms with Crippen molar-refractivity contribution in [2.45, 2.75) is 12.1 Å². The molecule has 0 spiro atoms. The third-order valence-electron chi connectivity index (χ3n) is 5.81. The van der Waals surface area contributed by atoms with Gasteiger partial charge < -0.3 is 19.3 Å². The van der Waals surface area contributed by atoms with E-state index in [0.29, 0.717) is 12.6 Å². The smallest absolute Gasteiger partial charge is 0.250 e. The van der Waals surface area contributed by atoms with Crippen LogP contribution in [0.15, 0.2) is 59.5 Å². The molecule has 4 rings (SSSR count). The topological polar surface area (TPSA) is 57.9 Å². The molecule has 1 N–H and O–H groups in total. The number of fused-ring (bicyclic) bond motifs is 1. The van der Waals surface area contributed by atoms with Gasteiger partial charge in [-0.3, -0.25) is 9.69 Å². The first-order valence-corrected chi connectivity index (χ1v) is 10.3. The summed E-state index contributed by atoms with van der Waals surface area (Å²) in [5.74, 6) is 0.756. The molecule has 1 aliphatic heterocycles. The standard InChI is InChI=1S/C24H29N3O3/c1-25(2)21-13-27(14-21)15-22(28)16-30-23-8-6-17-10-18(4-5-19(17)11-23)20-7-9-24(29)26(3)12-20/h4-12,21-22,28H,13-16H2,1-3H3. The van der Waals surface area contributed by atoms with E-state index >= 15 is 0 Å². The average molecular weight is 408 g/mol. The van der Waals surface area contributed by atoms with Crippen molar-refractivity contribution in [1.29, 1.82) is 0 Å². The Balaban J connectivity index is 1.38. The molecule has 1 saturated heterocycles. The molecule has 30 heavy (non-hydrogen) atoms. The number of ether oxygens (including phenoxy) is 1. The maximum Gasteiger partial charge on any atom is 0.250 e. The van der Waals surface area contributed by atoms with E-state index in [0.717, 1.165) is 40.7 Å². The molecule has 1 atom stereocenters. The number of nitrogens with zero attached hydrogens (tertiary/aromatic N) is 3. The zero-order chi connectivity index (χ0) is 21.3. The second-order valence-corrected chi connectivity index (χ2v) is 8.39. The van der Waals surface area contributed by atoms with Crippen LogP contribution in [0, 0.1) is 0 Å². The van der Waals surface area contributed by atoms with Gasteiger partial charge in [-0.1, -0.05) is 18.2 Å². The number of hydrogen-bond acceptors (Lipinski definition) is 5. The van der Waals surface area contributed by atoms with E-state index in [1.165, 1.54) is 0 Å². The maximum atomic E-state index is 11.6. The number of pyridine rings is 1. The van der Waals surface area contributed by atoms with Gasteiger partial charge in [0.1, 0.15) is 18.5 Å².